The maximum Gasteiger partial charge on any atom is 0.240 e. The summed E-state index contributed by atoms with van der Waals surface area (Å²) >= 11 is 0. The van der Waals surface area contributed by atoms with Gasteiger partial charge in [-0.15, -0.1) is 0 Å². The van der Waals surface area contributed by atoms with Crippen molar-refractivity contribution in [1.82, 2.24) is 4.72 Å². The summed E-state index contributed by atoms with van der Waals surface area (Å²) in [6, 6.07) is 22.1. The molecule has 5 nitrogen and oxygen atoms in total. The molecule has 0 saturated heterocycles. The molecule has 6 heteroatoms. The number of benzene rings is 3. The molecule has 0 fully saturated rings. The molecule has 0 unspecified atom stereocenters. The number of ether oxygens (including phenoxy) is 1. The Labute approximate surface area is 172 Å². The van der Waals surface area contributed by atoms with Gasteiger partial charge in [-0.2, -0.15) is 0 Å². The van der Waals surface area contributed by atoms with Gasteiger partial charge in [-0.25, -0.2) is 13.1 Å². The molecule has 3 aromatic rings. The molecule has 1 atom stereocenters. The number of hydrogen-bond acceptors (Lipinski definition) is 4. The summed E-state index contributed by atoms with van der Waals surface area (Å²) in [5.41, 5.74) is 1.95. The number of sulfonamides is 1. The first kappa shape index (κ1) is 21.0. The Hall–Kier alpha value is -2.67. The van der Waals surface area contributed by atoms with Gasteiger partial charge in [0.25, 0.3) is 0 Å². The Morgan fingerprint density at radius 2 is 1.59 bits per heavy atom. The second kappa shape index (κ2) is 8.37. The highest BCUT2D eigenvalue weighted by molar-refractivity contribution is 7.89. The van der Waals surface area contributed by atoms with Crippen LogP contribution in [0.15, 0.2) is 77.7 Å². The molecule has 29 heavy (non-hydrogen) atoms. The van der Waals surface area contributed by atoms with E-state index in [0.717, 1.165) is 11.1 Å². The molecule has 0 amide bonds. The first-order chi connectivity index (χ1) is 13.7. The lowest BCUT2D eigenvalue weighted by Crippen LogP contribution is -2.38. The molecule has 0 aliphatic heterocycles. The van der Waals surface area contributed by atoms with Crippen molar-refractivity contribution in [2.75, 3.05) is 13.7 Å². The highest BCUT2D eigenvalue weighted by atomic mass is 32.2. The molecule has 0 aliphatic carbocycles. The average molecular weight is 412 g/mol. The lowest BCUT2D eigenvalue weighted by atomic mass is 9.94. The molecule has 2 N–H and O–H groups in total. The van der Waals surface area contributed by atoms with Crippen molar-refractivity contribution < 1.29 is 18.3 Å². The molecule has 0 heterocycles. The number of nitrogens with one attached hydrogen (secondary N) is 1. The fraction of sp³-hybridized carbons (Fsp3) is 0.217. The second-order valence-electron chi connectivity index (χ2n) is 7.17. The van der Waals surface area contributed by atoms with Crippen LogP contribution in [0.2, 0.25) is 0 Å². The van der Waals surface area contributed by atoms with Crippen LogP contribution in [0, 0.1) is 6.92 Å². The lowest BCUT2D eigenvalue weighted by Gasteiger charge is -2.25. The van der Waals surface area contributed by atoms with Gasteiger partial charge < -0.3 is 9.84 Å². The van der Waals surface area contributed by atoms with Gasteiger partial charge >= 0.3 is 0 Å². The van der Waals surface area contributed by atoms with Crippen LogP contribution in [0.1, 0.15) is 18.1 Å². The molecule has 3 aromatic carbocycles. The van der Waals surface area contributed by atoms with Crippen LogP contribution < -0.4 is 9.46 Å². The molecular weight excluding hydrogens is 386 g/mol. The molecule has 0 aliphatic rings. The third-order valence-electron chi connectivity index (χ3n) is 4.89. The minimum absolute atomic E-state index is 0.147. The van der Waals surface area contributed by atoms with E-state index in [9.17, 15) is 13.5 Å². The highest BCUT2D eigenvalue weighted by Gasteiger charge is 2.27. The maximum absolute atomic E-state index is 12.7. The first-order valence-electron chi connectivity index (χ1n) is 9.25. The number of hydrogen-bond donors (Lipinski definition) is 2. The predicted molar refractivity (Wildman–Crippen MR) is 114 cm³/mol. The summed E-state index contributed by atoms with van der Waals surface area (Å²) in [4.78, 5) is 0.161. The number of methoxy groups -OCH3 is 1. The normalized spacial score (nSPS) is 13.7. The Morgan fingerprint density at radius 3 is 2.17 bits per heavy atom. The summed E-state index contributed by atoms with van der Waals surface area (Å²) in [7, 11) is -2.24. The van der Waals surface area contributed by atoms with E-state index in [1.807, 2.05) is 54.6 Å². The minimum atomic E-state index is -3.77. The summed E-state index contributed by atoms with van der Waals surface area (Å²) in [5.74, 6) is 0.590. The van der Waals surface area contributed by atoms with Crippen molar-refractivity contribution in [3.63, 3.8) is 0 Å². The van der Waals surface area contributed by atoms with Crippen LogP contribution in [-0.2, 0) is 15.6 Å². The van der Waals surface area contributed by atoms with Crippen molar-refractivity contribution in [2.45, 2.75) is 24.3 Å². The van der Waals surface area contributed by atoms with E-state index in [2.05, 4.69) is 4.72 Å². The van der Waals surface area contributed by atoms with E-state index in [1.165, 1.54) is 13.2 Å². The molecular formula is C23H25NO4S. The lowest BCUT2D eigenvalue weighted by molar-refractivity contribution is 0.0627. The van der Waals surface area contributed by atoms with Crippen molar-refractivity contribution in [3.8, 4) is 16.9 Å². The van der Waals surface area contributed by atoms with Gasteiger partial charge in [0.05, 0.1) is 12.0 Å². The summed E-state index contributed by atoms with van der Waals surface area (Å²) in [5, 5.41) is 10.9. The minimum Gasteiger partial charge on any atom is -0.497 e. The van der Waals surface area contributed by atoms with Crippen LogP contribution in [0.3, 0.4) is 0 Å². The van der Waals surface area contributed by atoms with Gasteiger partial charge in [-0.1, -0.05) is 54.6 Å². The van der Waals surface area contributed by atoms with Gasteiger partial charge in [-0.05, 0) is 54.3 Å². The molecule has 152 valence electrons. The van der Waals surface area contributed by atoms with Crippen LogP contribution >= 0.6 is 0 Å². The maximum atomic E-state index is 12.7. The SMILES string of the molecule is COc1ccc(S(=O)(=O)NC[C@@](C)(O)c2ccc(-c3ccccc3)cc2)c(C)c1. The third-order valence-corrected chi connectivity index (χ3v) is 6.45. The van der Waals surface area contributed by atoms with Crippen molar-refractivity contribution in [2.24, 2.45) is 0 Å². The molecule has 0 aromatic heterocycles. The zero-order chi connectivity index (χ0) is 21.1. The standard InChI is InChI=1S/C23H25NO4S/c1-17-15-21(28-3)13-14-22(17)29(26,27)24-16-23(2,25)20-11-9-19(10-12-20)18-7-5-4-6-8-18/h4-15,24-25H,16H2,1-3H3/t23-/m1/s1. The summed E-state index contributed by atoms with van der Waals surface area (Å²) in [6.45, 7) is 3.15. The fourth-order valence-corrected chi connectivity index (χ4v) is 4.47. The molecule has 0 radical (unpaired) electrons. The van der Waals surface area contributed by atoms with Crippen LogP contribution in [0.5, 0.6) is 5.75 Å². The summed E-state index contributed by atoms with van der Waals surface area (Å²) < 4.78 is 33.1. The van der Waals surface area contributed by atoms with E-state index in [4.69, 9.17) is 4.74 Å². The van der Waals surface area contributed by atoms with Gasteiger partial charge in [0, 0.05) is 6.54 Å². The van der Waals surface area contributed by atoms with Crippen LogP contribution in [-0.4, -0.2) is 27.2 Å². The Morgan fingerprint density at radius 1 is 0.966 bits per heavy atom. The highest BCUT2D eigenvalue weighted by Crippen LogP contribution is 2.26. The van der Waals surface area contributed by atoms with Gasteiger partial charge in [-0.3, -0.25) is 0 Å². The quantitative estimate of drug-likeness (QED) is 0.619. The molecule has 0 saturated carbocycles. The first-order valence-corrected chi connectivity index (χ1v) is 10.7. The van der Waals surface area contributed by atoms with E-state index < -0.39 is 15.6 Å². The van der Waals surface area contributed by atoms with E-state index in [0.29, 0.717) is 16.9 Å². The van der Waals surface area contributed by atoms with Gasteiger partial charge in [0.2, 0.25) is 10.0 Å². The number of aliphatic hydroxyl groups is 1. The van der Waals surface area contributed by atoms with E-state index in [1.54, 1.807) is 26.0 Å². The third kappa shape index (κ3) is 4.85. The smallest absolute Gasteiger partial charge is 0.240 e. The van der Waals surface area contributed by atoms with Crippen molar-refractivity contribution >= 4 is 10.0 Å². The molecule has 3 rings (SSSR count). The zero-order valence-corrected chi connectivity index (χ0v) is 17.5. The second-order valence-corrected chi connectivity index (χ2v) is 8.91. The topological polar surface area (TPSA) is 75.6 Å². The Bertz CT molecular complexity index is 1080. The Balaban J connectivity index is 1.75. The summed E-state index contributed by atoms with van der Waals surface area (Å²) in [6.07, 6.45) is 0. The monoisotopic (exact) mass is 411 g/mol. The molecule has 0 spiro atoms. The fourth-order valence-electron chi connectivity index (χ4n) is 3.12. The zero-order valence-electron chi connectivity index (χ0n) is 16.7. The van der Waals surface area contributed by atoms with Gasteiger partial charge in [0.1, 0.15) is 11.4 Å². The van der Waals surface area contributed by atoms with E-state index >= 15 is 0 Å². The largest absolute Gasteiger partial charge is 0.497 e. The van der Waals surface area contributed by atoms with Crippen LogP contribution in [0.4, 0.5) is 0 Å². The van der Waals surface area contributed by atoms with Crippen molar-refractivity contribution in [3.05, 3.63) is 83.9 Å². The number of rotatable bonds is 7. The predicted octanol–water partition coefficient (Wildman–Crippen LogP) is 3.86. The van der Waals surface area contributed by atoms with Crippen LogP contribution in [0.25, 0.3) is 11.1 Å². The Kier molecular flexibility index (Phi) is 6.07. The van der Waals surface area contributed by atoms with Crippen molar-refractivity contribution in [1.29, 1.82) is 0 Å². The van der Waals surface area contributed by atoms with E-state index in [-0.39, 0.29) is 11.4 Å². The number of aryl methyl sites for hydroxylation is 1. The molecule has 0 bridgehead atoms. The van der Waals surface area contributed by atoms with Gasteiger partial charge in [0.15, 0.2) is 0 Å². The average Bonchev–Trinajstić information content (AvgIpc) is 2.73.